The van der Waals surface area contributed by atoms with Crippen LogP contribution in [0.1, 0.15) is 37.4 Å². The monoisotopic (exact) mass is 197 g/mol. The van der Waals surface area contributed by atoms with Gasteiger partial charge in [-0.25, -0.2) is 0 Å². The third-order valence-corrected chi connectivity index (χ3v) is 3.40. The Bertz CT molecular complexity index is 241. The molecular formula is C9H15N3S. The fraction of sp³-hybridized carbons (Fsp3) is 0.667. The van der Waals surface area contributed by atoms with E-state index in [2.05, 4.69) is 15.9 Å². The first kappa shape index (κ1) is 9.12. The van der Waals surface area contributed by atoms with E-state index in [-0.39, 0.29) is 6.04 Å². The van der Waals surface area contributed by atoms with E-state index in [0.29, 0.717) is 5.92 Å². The van der Waals surface area contributed by atoms with Crippen LogP contribution in [0, 0.1) is 5.92 Å². The van der Waals surface area contributed by atoms with Gasteiger partial charge in [0.25, 0.3) is 0 Å². The summed E-state index contributed by atoms with van der Waals surface area (Å²) in [5.41, 5.74) is 4.00. The van der Waals surface area contributed by atoms with Gasteiger partial charge in [0.15, 0.2) is 0 Å². The molecule has 0 aromatic carbocycles. The SMILES string of the molecule is NNC(c1ccsn1)C1CCCC1. The van der Waals surface area contributed by atoms with Crippen molar-refractivity contribution in [3.63, 3.8) is 0 Å². The maximum absolute atomic E-state index is 5.56. The molecule has 0 saturated heterocycles. The molecule has 1 heterocycles. The predicted octanol–water partition coefficient (Wildman–Crippen LogP) is 1.84. The Morgan fingerprint density at radius 2 is 2.31 bits per heavy atom. The van der Waals surface area contributed by atoms with Crippen LogP contribution in [0.4, 0.5) is 0 Å². The fourth-order valence-corrected chi connectivity index (χ4v) is 2.69. The van der Waals surface area contributed by atoms with Crippen molar-refractivity contribution >= 4 is 11.5 Å². The Labute approximate surface area is 82.5 Å². The molecule has 1 fully saturated rings. The van der Waals surface area contributed by atoms with Crippen molar-refractivity contribution < 1.29 is 0 Å². The van der Waals surface area contributed by atoms with E-state index in [0.717, 1.165) is 5.69 Å². The molecule has 0 aliphatic heterocycles. The fourth-order valence-electron chi connectivity index (χ4n) is 2.14. The van der Waals surface area contributed by atoms with Crippen molar-refractivity contribution in [2.24, 2.45) is 11.8 Å². The van der Waals surface area contributed by atoms with Gasteiger partial charge in [0.05, 0.1) is 11.7 Å². The van der Waals surface area contributed by atoms with Crippen molar-refractivity contribution in [3.05, 3.63) is 17.1 Å². The molecule has 1 aromatic heterocycles. The predicted molar refractivity (Wildman–Crippen MR) is 54.1 cm³/mol. The van der Waals surface area contributed by atoms with E-state index in [1.807, 2.05) is 5.38 Å². The minimum absolute atomic E-state index is 0.272. The van der Waals surface area contributed by atoms with Crippen molar-refractivity contribution in [2.45, 2.75) is 31.7 Å². The zero-order valence-electron chi connectivity index (χ0n) is 7.57. The standard InChI is InChI=1S/C9H15N3S/c10-11-9(7-3-1-2-4-7)8-5-6-13-12-8/h5-7,9,11H,1-4,10H2. The molecule has 1 aromatic rings. The summed E-state index contributed by atoms with van der Waals surface area (Å²) >= 11 is 1.50. The van der Waals surface area contributed by atoms with Crippen LogP contribution >= 0.6 is 11.5 Å². The average Bonchev–Trinajstić information content (AvgIpc) is 2.76. The highest BCUT2D eigenvalue weighted by molar-refractivity contribution is 7.03. The minimum Gasteiger partial charge on any atom is -0.271 e. The van der Waals surface area contributed by atoms with Gasteiger partial charge >= 0.3 is 0 Å². The third kappa shape index (κ3) is 1.90. The first-order chi connectivity index (χ1) is 6.42. The summed E-state index contributed by atoms with van der Waals surface area (Å²) in [6.07, 6.45) is 5.25. The van der Waals surface area contributed by atoms with Crippen molar-refractivity contribution in [3.8, 4) is 0 Å². The Morgan fingerprint density at radius 1 is 1.54 bits per heavy atom. The smallest absolute Gasteiger partial charge is 0.0727 e. The molecule has 1 unspecified atom stereocenters. The molecule has 3 N–H and O–H groups in total. The lowest BCUT2D eigenvalue weighted by Gasteiger charge is -2.20. The average molecular weight is 197 g/mol. The van der Waals surface area contributed by atoms with Crippen LogP contribution in [0.3, 0.4) is 0 Å². The number of rotatable bonds is 3. The summed E-state index contributed by atoms with van der Waals surface area (Å²) in [6.45, 7) is 0. The topological polar surface area (TPSA) is 50.9 Å². The summed E-state index contributed by atoms with van der Waals surface area (Å²) in [6, 6.07) is 2.34. The zero-order chi connectivity index (χ0) is 9.10. The number of hydrogen-bond donors (Lipinski definition) is 2. The van der Waals surface area contributed by atoms with Crippen LogP contribution in [0.5, 0.6) is 0 Å². The summed E-state index contributed by atoms with van der Waals surface area (Å²) in [7, 11) is 0. The summed E-state index contributed by atoms with van der Waals surface area (Å²) < 4.78 is 4.33. The van der Waals surface area contributed by atoms with E-state index >= 15 is 0 Å². The number of nitrogens with one attached hydrogen (secondary N) is 1. The molecule has 1 atom stereocenters. The first-order valence-electron chi connectivity index (χ1n) is 4.78. The first-order valence-corrected chi connectivity index (χ1v) is 5.62. The lowest BCUT2D eigenvalue weighted by Crippen LogP contribution is -2.32. The molecule has 0 amide bonds. The minimum atomic E-state index is 0.272. The number of aromatic nitrogens is 1. The van der Waals surface area contributed by atoms with Crippen molar-refractivity contribution in [1.29, 1.82) is 0 Å². The van der Waals surface area contributed by atoms with Crippen molar-refractivity contribution in [1.82, 2.24) is 9.80 Å². The maximum Gasteiger partial charge on any atom is 0.0727 e. The van der Waals surface area contributed by atoms with Gasteiger partial charge in [0.2, 0.25) is 0 Å². The highest BCUT2D eigenvalue weighted by Gasteiger charge is 2.26. The number of hydrogen-bond acceptors (Lipinski definition) is 4. The molecule has 0 radical (unpaired) electrons. The van der Waals surface area contributed by atoms with Gasteiger partial charge in [0.1, 0.15) is 0 Å². The van der Waals surface area contributed by atoms with E-state index < -0.39 is 0 Å². The molecule has 0 bridgehead atoms. The van der Waals surface area contributed by atoms with E-state index in [4.69, 9.17) is 5.84 Å². The molecule has 3 nitrogen and oxygen atoms in total. The van der Waals surface area contributed by atoms with Gasteiger partial charge in [-0.15, -0.1) is 0 Å². The maximum atomic E-state index is 5.56. The molecule has 4 heteroatoms. The van der Waals surface area contributed by atoms with Gasteiger partial charge in [0, 0.05) is 5.38 Å². The molecule has 1 saturated carbocycles. The Kier molecular flexibility index (Phi) is 2.93. The van der Waals surface area contributed by atoms with Crippen molar-refractivity contribution in [2.75, 3.05) is 0 Å². The van der Waals surface area contributed by atoms with E-state index in [1.165, 1.54) is 37.2 Å². The van der Waals surface area contributed by atoms with Gasteiger partial charge in [-0.3, -0.25) is 11.3 Å². The Morgan fingerprint density at radius 3 is 2.85 bits per heavy atom. The largest absolute Gasteiger partial charge is 0.271 e. The van der Waals surface area contributed by atoms with Crippen LogP contribution in [0.15, 0.2) is 11.4 Å². The van der Waals surface area contributed by atoms with Gasteiger partial charge < -0.3 is 0 Å². The summed E-state index contributed by atoms with van der Waals surface area (Å²) in [5, 5.41) is 2.01. The summed E-state index contributed by atoms with van der Waals surface area (Å²) in [4.78, 5) is 0. The van der Waals surface area contributed by atoms with Gasteiger partial charge in [-0.2, -0.15) is 4.37 Å². The normalized spacial score (nSPS) is 20.7. The lowest BCUT2D eigenvalue weighted by molar-refractivity contribution is 0.368. The molecule has 1 aliphatic carbocycles. The second-order valence-electron chi connectivity index (χ2n) is 3.61. The Hall–Kier alpha value is -0.450. The zero-order valence-corrected chi connectivity index (χ0v) is 8.39. The number of nitrogens with two attached hydrogens (primary N) is 1. The molecule has 2 rings (SSSR count). The van der Waals surface area contributed by atoms with Crippen LogP contribution in [-0.2, 0) is 0 Å². The molecule has 1 aliphatic rings. The molecular weight excluding hydrogens is 182 g/mol. The van der Waals surface area contributed by atoms with Gasteiger partial charge in [-0.1, -0.05) is 12.8 Å². The lowest BCUT2D eigenvalue weighted by atomic mass is 9.96. The number of hydrazine groups is 1. The highest BCUT2D eigenvalue weighted by Crippen LogP contribution is 2.34. The van der Waals surface area contributed by atoms with Crippen LogP contribution in [0.2, 0.25) is 0 Å². The second kappa shape index (κ2) is 4.17. The molecule has 13 heavy (non-hydrogen) atoms. The van der Waals surface area contributed by atoms with Crippen LogP contribution in [-0.4, -0.2) is 4.37 Å². The second-order valence-corrected chi connectivity index (χ2v) is 4.28. The molecule has 72 valence electrons. The highest BCUT2D eigenvalue weighted by atomic mass is 32.1. The van der Waals surface area contributed by atoms with E-state index in [9.17, 15) is 0 Å². The van der Waals surface area contributed by atoms with E-state index in [1.54, 1.807) is 0 Å². The van der Waals surface area contributed by atoms with Gasteiger partial charge in [-0.05, 0) is 36.4 Å². The van der Waals surface area contributed by atoms with Crippen LogP contribution in [0.25, 0.3) is 0 Å². The Balaban J connectivity index is 2.08. The molecule has 0 spiro atoms. The van der Waals surface area contributed by atoms with Crippen LogP contribution < -0.4 is 11.3 Å². The summed E-state index contributed by atoms with van der Waals surface area (Å²) in [5.74, 6) is 6.25. The number of nitrogens with zero attached hydrogens (tertiary/aromatic N) is 1. The third-order valence-electron chi connectivity index (χ3n) is 2.83. The quantitative estimate of drug-likeness (QED) is 0.574.